The number of nitrogens with zero attached hydrogens (tertiary/aromatic N) is 2. The lowest BCUT2D eigenvalue weighted by Gasteiger charge is -2.24. The lowest BCUT2D eigenvalue weighted by molar-refractivity contribution is -0.149. The highest BCUT2D eigenvalue weighted by molar-refractivity contribution is 5.98. The lowest BCUT2D eigenvalue weighted by atomic mass is 9.81. The third kappa shape index (κ3) is 3.31. The van der Waals surface area contributed by atoms with Crippen molar-refractivity contribution in [2.45, 2.75) is 12.8 Å². The average molecular weight is 360 g/mol. The van der Waals surface area contributed by atoms with Crippen molar-refractivity contribution in [3.63, 3.8) is 0 Å². The van der Waals surface area contributed by atoms with Crippen LogP contribution in [-0.4, -0.2) is 72.9 Å². The number of carboxylic acid groups (broad SMARTS) is 1. The molecule has 1 N–H and O–H groups in total. The predicted molar refractivity (Wildman–Crippen MR) is 94.2 cm³/mol. The molecule has 2 atom stereocenters. The number of methoxy groups -OCH3 is 1. The molecule has 1 amide bonds. The van der Waals surface area contributed by atoms with Gasteiger partial charge in [0.2, 0.25) is 5.91 Å². The Hall–Kier alpha value is -2.41. The van der Waals surface area contributed by atoms with E-state index in [9.17, 15) is 19.5 Å². The number of carbonyl (C=O) groups is 3. The molecule has 0 spiro atoms. The second-order valence-electron chi connectivity index (χ2n) is 7.28. The minimum Gasteiger partial charge on any atom is -0.497 e. The number of carboxylic acids is 1. The van der Waals surface area contributed by atoms with Crippen molar-refractivity contribution < 1.29 is 24.2 Å². The van der Waals surface area contributed by atoms with Crippen molar-refractivity contribution in [2.75, 3.05) is 40.3 Å². The fourth-order valence-corrected chi connectivity index (χ4v) is 4.11. The number of rotatable bonds is 6. The van der Waals surface area contributed by atoms with E-state index in [4.69, 9.17) is 4.74 Å². The van der Waals surface area contributed by atoms with Crippen LogP contribution in [0.15, 0.2) is 24.3 Å². The van der Waals surface area contributed by atoms with E-state index >= 15 is 0 Å². The molecule has 0 unspecified atom stereocenters. The first kappa shape index (κ1) is 18.4. The zero-order valence-corrected chi connectivity index (χ0v) is 15.1. The SMILES string of the molecule is COc1ccc(C(=O)CCC(=O)N2C[C@H]3CN(C)C[C@@]3(C(=O)O)C2)cc1. The second-order valence-corrected chi connectivity index (χ2v) is 7.28. The Morgan fingerprint density at radius 2 is 1.85 bits per heavy atom. The highest BCUT2D eigenvalue weighted by Crippen LogP contribution is 2.42. The number of likely N-dealkylation sites (tertiary alicyclic amines) is 2. The minimum atomic E-state index is -0.871. The van der Waals surface area contributed by atoms with Gasteiger partial charge in [-0.05, 0) is 31.3 Å². The molecule has 0 aromatic heterocycles. The van der Waals surface area contributed by atoms with E-state index < -0.39 is 11.4 Å². The molecule has 2 fully saturated rings. The molecule has 7 nitrogen and oxygen atoms in total. The number of amides is 1. The Labute approximate surface area is 152 Å². The van der Waals surface area contributed by atoms with Crippen molar-refractivity contribution >= 4 is 17.7 Å². The summed E-state index contributed by atoms with van der Waals surface area (Å²) in [7, 11) is 3.46. The number of hydrogen-bond acceptors (Lipinski definition) is 5. The summed E-state index contributed by atoms with van der Waals surface area (Å²) in [5.41, 5.74) is -0.328. The molecule has 0 bridgehead atoms. The summed E-state index contributed by atoms with van der Waals surface area (Å²) < 4.78 is 5.06. The summed E-state index contributed by atoms with van der Waals surface area (Å²) in [5, 5.41) is 9.67. The largest absolute Gasteiger partial charge is 0.497 e. The minimum absolute atomic E-state index is 0.0498. The van der Waals surface area contributed by atoms with Crippen LogP contribution >= 0.6 is 0 Å². The summed E-state index contributed by atoms with van der Waals surface area (Å²) in [6.45, 7) is 1.82. The highest BCUT2D eigenvalue weighted by atomic mass is 16.5. The fourth-order valence-electron chi connectivity index (χ4n) is 4.11. The summed E-state index contributed by atoms with van der Waals surface area (Å²) in [5.74, 6) is -0.467. The zero-order valence-electron chi connectivity index (χ0n) is 15.1. The molecule has 26 heavy (non-hydrogen) atoms. The van der Waals surface area contributed by atoms with Crippen LogP contribution in [-0.2, 0) is 9.59 Å². The molecular formula is C19H24N2O5. The topological polar surface area (TPSA) is 87.2 Å². The monoisotopic (exact) mass is 360 g/mol. The smallest absolute Gasteiger partial charge is 0.313 e. The number of carbonyl (C=O) groups excluding carboxylic acids is 2. The van der Waals surface area contributed by atoms with Crippen LogP contribution in [0.2, 0.25) is 0 Å². The molecule has 2 aliphatic rings. The van der Waals surface area contributed by atoms with Gasteiger partial charge in [-0.1, -0.05) is 0 Å². The fraction of sp³-hybridized carbons (Fsp3) is 0.526. The number of ketones is 1. The normalized spacial score (nSPS) is 25.2. The number of fused-ring (bicyclic) bond motifs is 1. The first-order chi connectivity index (χ1) is 12.4. The van der Waals surface area contributed by atoms with Gasteiger partial charge in [0, 0.05) is 50.5 Å². The molecule has 0 aliphatic carbocycles. The maximum atomic E-state index is 12.5. The zero-order chi connectivity index (χ0) is 18.9. The van der Waals surface area contributed by atoms with Gasteiger partial charge in [-0.3, -0.25) is 14.4 Å². The van der Waals surface area contributed by atoms with Crippen LogP contribution in [0, 0.1) is 11.3 Å². The highest BCUT2D eigenvalue weighted by Gasteiger charge is 2.57. The molecule has 140 valence electrons. The van der Waals surface area contributed by atoms with Crippen molar-refractivity contribution in [1.29, 1.82) is 0 Å². The molecule has 3 rings (SSSR count). The van der Waals surface area contributed by atoms with Gasteiger partial charge in [-0.15, -0.1) is 0 Å². The van der Waals surface area contributed by atoms with Crippen LogP contribution < -0.4 is 4.74 Å². The first-order valence-electron chi connectivity index (χ1n) is 8.72. The quantitative estimate of drug-likeness (QED) is 0.766. The molecule has 7 heteroatoms. The number of benzene rings is 1. The Morgan fingerprint density at radius 1 is 1.15 bits per heavy atom. The Kier molecular flexibility index (Phi) is 5.00. The molecule has 0 saturated carbocycles. The van der Waals surface area contributed by atoms with Gasteiger partial charge in [0.1, 0.15) is 11.2 Å². The van der Waals surface area contributed by atoms with E-state index in [1.165, 1.54) is 0 Å². The van der Waals surface area contributed by atoms with E-state index in [-0.39, 0.29) is 37.0 Å². The Balaban J connectivity index is 1.57. The van der Waals surface area contributed by atoms with E-state index in [0.29, 0.717) is 30.9 Å². The van der Waals surface area contributed by atoms with Gasteiger partial charge in [0.15, 0.2) is 5.78 Å². The summed E-state index contributed by atoms with van der Waals surface area (Å²) in [4.78, 5) is 40.2. The van der Waals surface area contributed by atoms with Crippen molar-refractivity contribution in [1.82, 2.24) is 9.80 Å². The number of hydrogen-bond donors (Lipinski definition) is 1. The molecule has 1 aromatic carbocycles. The van der Waals surface area contributed by atoms with E-state index in [1.807, 2.05) is 11.9 Å². The average Bonchev–Trinajstić information content (AvgIpc) is 3.13. The lowest BCUT2D eigenvalue weighted by Crippen LogP contribution is -2.41. The van der Waals surface area contributed by atoms with Gasteiger partial charge in [0.25, 0.3) is 0 Å². The molecule has 0 radical (unpaired) electrons. The van der Waals surface area contributed by atoms with Crippen molar-refractivity contribution in [3.8, 4) is 5.75 Å². The molecular weight excluding hydrogens is 336 g/mol. The Morgan fingerprint density at radius 3 is 2.42 bits per heavy atom. The number of aliphatic carboxylic acids is 1. The van der Waals surface area contributed by atoms with E-state index in [1.54, 1.807) is 36.3 Å². The van der Waals surface area contributed by atoms with Crippen LogP contribution in [0.3, 0.4) is 0 Å². The van der Waals surface area contributed by atoms with Crippen LogP contribution in [0.4, 0.5) is 0 Å². The summed E-state index contributed by atoms with van der Waals surface area (Å²) >= 11 is 0. The maximum Gasteiger partial charge on any atom is 0.313 e. The van der Waals surface area contributed by atoms with Crippen LogP contribution in [0.25, 0.3) is 0 Å². The van der Waals surface area contributed by atoms with Gasteiger partial charge < -0.3 is 19.6 Å². The van der Waals surface area contributed by atoms with Crippen molar-refractivity contribution in [2.24, 2.45) is 11.3 Å². The number of ether oxygens (including phenoxy) is 1. The molecule has 2 aliphatic heterocycles. The predicted octanol–water partition coefficient (Wildman–Crippen LogP) is 1.13. The third-order valence-electron chi connectivity index (χ3n) is 5.54. The Bertz CT molecular complexity index is 717. The van der Waals surface area contributed by atoms with E-state index in [2.05, 4.69) is 0 Å². The maximum absolute atomic E-state index is 12.5. The summed E-state index contributed by atoms with van der Waals surface area (Å²) in [6, 6.07) is 6.79. The number of Topliss-reactive ketones (excluding diaryl/α,β-unsaturated/α-hetero) is 1. The molecule has 2 heterocycles. The third-order valence-corrected chi connectivity index (χ3v) is 5.54. The van der Waals surface area contributed by atoms with Crippen molar-refractivity contribution in [3.05, 3.63) is 29.8 Å². The van der Waals surface area contributed by atoms with Crippen LogP contribution in [0.1, 0.15) is 23.2 Å². The van der Waals surface area contributed by atoms with Gasteiger partial charge >= 0.3 is 5.97 Å². The molecule has 2 saturated heterocycles. The summed E-state index contributed by atoms with van der Waals surface area (Å²) in [6.07, 6.45) is 0.218. The van der Waals surface area contributed by atoms with E-state index in [0.717, 1.165) is 0 Å². The standard InChI is InChI=1S/C19H24N2O5/c1-20-9-14-10-21(12-19(14,11-20)18(24)25)17(23)8-7-16(22)13-3-5-15(26-2)6-4-13/h3-6,14H,7-12H2,1-2H3,(H,24,25)/t14-,19-/m1/s1. The van der Waals surface area contributed by atoms with Gasteiger partial charge in [-0.25, -0.2) is 0 Å². The second kappa shape index (κ2) is 7.07. The van der Waals surface area contributed by atoms with Gasteiger partial charge in [-0.2, -0.15) is 0 Å². The van der Waals surface area contributed by atoms with Gasteiger partial charge in [0.05, 0.1) is 7.11 Å². The van der Waals surface area contributed by atoms with Crippen LogP contribution in [0.5, 0.6) is 5.75 Å². The first-order valence-corrected chi connectivity index (χ1v) is 8.72. The molecule has 1 aromatic rings.